The Morgan fingerprint density at radius 3 is 2.58 bits per heavy atom. The van der Waals surface area contributed by atoms with Gasteiger partial charge in [-0.1, -0.05) is 35.9 Å². The third-order valence-electron chi connectivity index (χ3n) is 5.68. The number of rotatable bonds is 7. The van der Waals surface area contributed by atoms with Gasteiger partial charge in [0.25, 0.3) is 0 Å². The van der Waals surface area contributed by atoms with Gasteiger partial charge in [0.15, 0.2) is 5.96 Å². The Bertz CT molecular complexity index is 870. The maximum absolute atomic E-state index is 14.0. The van der Waals surface area contributed by atoms with Gasteiger partial charge in [-0.05, 0) is 38.8 Å². The van der Waals surface area contributed by atoms with Crippen molar-refractivity contribution < 1.29 is 13.9 Å². The van der Waals surface area contributed by atoms with Crippen LogP contribution in [0.1, 0.15) is 36.5 Å². The summed E-state index contributed by atoms with van der Waals surface area (Å²) >= 11 is 0. The molecular weight excluding hydrogens is 508 g/mol. The van der Waals surface area contributed by atoms with E-state index < -0.39 is 0 Å². The average Bonchev–Trinajstić information content (AvgIpc) is 2.77. The second kappa shape index (κ2) is 12.2. The number of halogens is 2. The summed E-state index contributed by atoms with van der Waals surface area (Å²) < 4.78 is 25.3. The van der Waals surface area contributed by atoms with Gasteiger partial charge in [0.05, 0.1) is 13.7 Å². The van der Waals surface area contributed by atoms with Gasteiger partial charge in [-0.2, -0.15) is 0 Å². The van der Waals surface area contributed by atoms with Crippen molar-refractivity contribution in [1.29, 1.82) is 0 Å². The van der Waals surface area contributed by atoms with Crippen molar-refractivity contribution in [2.24, 2.45) is 4.99 Å². The Morgan fingerprint density at radius 2 is 1.90 bits per heavy atom. The number of ether oxygens (including phenoxy) is 2. The average molecular weight is 541 g/mol. The molecule has 31 heavy (non-hydrogen) atoms. The van der Waals surface area contributed by atoms with E-state index in [0.29, 0.717) is 31.3 Å². The number of guanidine groups is 1. The van der Waals surface area contributed by atoms with E-state index in [0.717, 1.165) is 25.1 Å². The fourth-order valence-electron chi connectivity index (χ4n) is 3.93. The summed E-state index contributed by atoms with van der Waals surface area (Å²) in [5.41, 5.74) is 2.86. The van der Waals surface area contributed by atoms with Crippen molar-refractivity contribution in [3.05, 3.63) is 65.0 Å². The number of benzene rings is 2. The predicted molar refractivity (Wildman–Crippen MR) is 134 cm³/mol. The molecule has 1 aliphatic heterocycles. The number of methoxy groups -OCH3 is 1. The van der Waals surface area contributed by atoms with Crippen LogP contribution in [0.2, 0.25) is 0 Å². The maximum Gasteiger partial charge on any atom is 0.191 e. The van der Waals surface area contributed by atoms with Gasteiger partial charge < -0.3 is 20.1 Å². The number of aryl methyl sites for hydroxylation is 1. The fraction of sp³-hybridized carbons (Fsp3) is 0.458. The first kappa shape index (κ1) is 25.4. The summed E-state index contributed by atoms with van der Waals surface area (Å²) in [5.74, 6) is 1.35. The summed E-state index contributed by atoms with van der Waals surface area (Å²) in [6.07, 6.45) is 1.79. The Balaban J connectivity index is 0.00000341. The van der Waals surface area contributed by atoms with Gasteiger partial charge in [-0.15, -0.1) is 24.0 Å². The van der Waals surface area contributed by atoms with E-state index in [1.165, 1.54) is 17.2 Å². The van der Waals surface area contributed by atoms with Crippen molar-refractivity contribution in [2.45, 2.75) is 38.6 Å². The molecule has 1 aliphatic rings. The third-order valence-corrected chi connectivity index (χ3v) is 5.68. The second-order valence-electron chi connectivity index (χ2n) is 7.74. The van der Waals surface area contributed by atoms with E-state index in [2.05, 4.69) is 34.7 Å². The van der Waals surface area contributed by atoms with Crippen LogP contribution in [-0.2, 0) is 16.7 Å². The van der Waals surface area contributed by atoms with Crippen LogP contribution in [0.4, 0.5) is 4.39 Å². The predicted octanol–water partition coefficient (Wildman–Crippen LogP) is 4.56. The zero-order valence-electron chi connectivity index (χ0n) is 18.5. The highest BCUT2D eigenvalue weighted by Gasteiger charge is 2.37. The van der Waals surface area contributed by atoms with Gasteiger partial charge >= 0.3 is 0 Å². The monoisotopic (exact) mass is 541 g/mol. The van der Waals surface area contributed by atoms with Crippen LogP contribution in [0.3, 0.4) is 0 Å². The zero-order valence-corrected chi connectivity index (χ0v) is 20.9. The first-order valence-corrected chi connectivity index (χ1v) is 10.6. The van der Waals surface area contributed by atoms with Gasteiger partial charge in [-0.25, -0.2) is 9.38 Å². The van der Waals surface area contributed by atoms with E-state index in [9.17, 15) is 4.39 Å². The van der Waals surface area contributed by atoms with Gasteiger partial charge in [0.1, 0.15) is 11.6 Å². The first-order chi connectivity index (χ1) is 14.6. The van der Waals surface area contributed by atoms with E-state index in [1.54, 1.807) is 19.2 Å². The molecule has 0 amide bonds. The number of nitrogens with one attached hydrogen (secondary N) is 2. The van der Waals surface area contributed by atoms with Crippen LogP contribution in [0, 0.1) is 12.7 Å². The molecule has 2 aromatic carbocycles. The molecule has 0 aromatic heterocycles. The molecule has 2 aromatic rings. The van der Waals surface area contributed by atoms with E-state index in [-0.39, 0.29) is 41.8 Å². The van der Waals surface area contributed by atoms with Gasteiger partial charge in [-0.3, -0.25) is 0 Å². The lowest BCUT2D eigenvalue weighted by Crippen LogP contribution is -2.48. The molecule has 0 aliphatic carbocycles. The van der Waals surface area contributed by atoms with Gasteiger partial charge in [0, 0.05) is 42.8 Å². The van der Waals surface area contributed by atoms with Crippen molar-refractivity contribution in [2.75, 3.05) is 33.4 Å². The molecule has 1 heterocycles. The van der Waals surface area contributed by atoms with Crippen molar-refractivity contribution >= 4 is 29.9 Å². The summed E-state index contributed by atoms with van der Waals surface area (Å²) in [5, 5.41) is 6.77. The standard InChI is InChI=1S/C24H32FN3O2.HI/c1-4-26-23(27-16-19-7-5-6-8-21(19)25)28-17-24(11-13-30-14-12-24)20-15-18(2)9-10-22(20)29-3;/h5-10,15H,4,11-14,16-17H2,1-3H3,(H2,26,27,28);1H. The van der Waals surface area contributed by atoms with E-state index in [1.807, 2.05) is 19.1 Å². The second-order valence-corrected chi connectivity index (χ2v) is 7.74. The Hall–Kier alpha value is -1.87. The molecule has 1 saturated heterocycles. The highest BCUT2D eigenvalue weighted by atomic mass is 127. The molecule has 3 rings (SSSR count). The maximum atomic E-state index is 14.0. The van der Waals surface area contributed by atoms with E-state index in [4.69, 9.17) is 9.47 Å². The quantitative estimate of drug-likeness (QED) is 0.307. The minimum absolute atomic E-state index is 0. The molecular formula is C24H33FIN3O2. The van der Waals surface area contributed by atoms with Crippen LogP contribution in [0.25, 0.3) is 0 Å². The third kappa shape index (κ3) is 6.55. The van der Waals surface area contributed by atoms with Crippen molar-refractivity contribution in [3.63, 3.8) is 0 Å². The van der Waals surface area contributed by atoms with Crippen LogP contribution in [-0.4, -0.2) is 39.4 Å². The Morgan fingerprint density at radius 1 is 1.16 bits per heavy atom. The van der Waals surface area contributed by atoms with E-state index >= 15 is 0 Å². The van der Waals surface area contributed by atoms with Crippen LogP contribution in [0.5, 0.6) is 5.75 Å². The number of aliphatic imine (C=N–C) groups is 1. The van der Waals surface area contributed by atoms with Crippen LogP contribution >= 0.6 is 24.0 Å². The topological polar surface area (TPSA) is 54.9 Å². The molecule has 0 unspecified atom stereocenters. The van der Waals surface area contributed by atoms with Gasteiger partial charge in [0.2, 0.25) is 0 Å². The normalized spacial score (nSPS) is 15.7. The molecule has 5 nitrogen and oxygen atoms in total. The number of hydrogen-bond acceptors (Lipinski definition) is 3. The lowest BCUT2D eigenvalue weighted by Gasteiger charge is -2.39. The minimum Gasteiger partial charge on any atom is -0.496 e. The first-order valence-electron chi connectivity index (χ1n) is 10.6. The SMILES string of the molecule is CCNC(=NCc1ccccc1F)NCC1(c2cc(C)ccc2OC)CCOCC1.I. The summed E-state index contributed by atoms with van der Waals surface area (Å²) in [6, 6.07) is 13.1. The summed E-state index contributed by atoms with van der Waals surface area (Å²) in [7, 11) is 1.72. The summed E-state index contributed by atoms with van der Waals surface area (Å²) in [6.45, 7) is 7.25. The number of hydrogen-bond donors (Lipinski definition) is 2. The molecule has 0 bridgehead atoms. The molecule has 7 heteroatoms. The molecule has 2 N–H and O–H groups in total. The zero-order chi connectivity index (χ0) is 21.4. The minimum atomic E-state index is -0.234. The highest BCUT2D eigenvalue weighted by molar-refractivity contribution is 14.0. The molecule has 170 valence electrons. The largest absolute Gasteiger partial charge is 0.496 e. The molecule has 0 radical (unpaired) electrons. The summed E-state index contributed by atoms with van der Waals surface area (Å²) in [4.78, 5) is 4.61. The number of nitrogens with zero attached hydrogens (tertiary/aromatic N) is 1. The molecule has 0 spiro atoms. The Kier molecular flexibility index (Phi) is 10.0. The smallest absolute Gasteiger partial charge is 0.191 e. The molecule has 1 fully saturated rings. The Labute approximate surface area is 201 Å². The van der Waals surface area contributed by atoms with Crippen LogP contribution in [0.15, 0.2) is 47.5 Å². The highest BCUT2D eigenvalue weighted by Crippen LogP contribution is 2.40. The lowest BCUT2D eigenvalue weighted by molar-refractivity contribution is 0.0505. The van der Waals surface area contributed by atoms with Crippen molar-refractivity contribution in [1.82, 2.24) is 10.6 Å². The molecule has 0 atom stereocenters. The lowest BCUT2D eigenvalue weighted by atomic mass is 9.73. The fourth-order valence-corrected chi connectivity index (χ4v) is 3.93. The molecule has 0 saturated carbocycles. The van der Waals surface area contributed by atoms with Crippen molar-refractivity contribution in [3.8, 4) is 5.75 Å². The van der Waals surface area contributed by atoms with Crippen LogP contribution < -0.4 is 15.4 Å².